The monoisotopic (exact) mass is 494 g/mol. The molecule has 3 aromatic carbocycles. The number of aryl methyl sites for hydroxylation is 2. The Labute approximate surface area is 206 Å². The van der Waals surface area contributed by atoms with Gasteiger partial charge in [-0.3, -0.25) is 9.10 Å². The molecule has 0 radical (unpaired) electrons. The largest absolute Gasteiger partial charge is 0.493 e. The van der Waals surface area contributed by atoms with Crippen molar-refractivity contribution in [2.45, 2.75) is 37.1 Å². The lowest BCUT2D eigenvalue weighted by Gasteiger charge is -2.25. The smallest absolute Gasteiger partial charge is 0.264 e. The predicted octanol–water partition coefficient (Wildman–Crippen LogP) is 4.27. The summed E-state index contributed by atoms with van der Waals surface area (Å²) >= 11 is 0. The van der Waals surface area contributed by atoms with Crippen LogP contribution < -0.4 is 19.1 Å². The molecule has 7 nitrogen and oxygen atoms in total. The van der Waals surface area contributed by atoms with E-state index in [4.69, 9.17) is 9.47 Å². The van der Waals surface area contributed by atoms with Gasteiger partial charge >= 0.3 is 0 Å². The SMILES string of the molecule is COc1ccc(S(=O)(=O)N(CC(=O)N[C@H](C)c2ccc3c(c2)CCC3)c2ccccc2)cc1OC. The van der Waals surface area contributed by atoms with Crippen LogP contribution in [0.3, 0.4) is 0 Å². The van der Waals surface area contributed by atoms with Crippen molar-refractivity contribution in [3.8, 4) is 11.5 Å². The summed E-state index contributed by atoms with van der Waals surface area (Å²) in [5.74, 6) is 0.306. The Kier molecular flexibility index (Phi) is 7.31. The van der Waals surface area contributed by atoms with Gasteiger partial charge in [0.1, 0.15) is 6.54 Å². The standard InChI is InChI=1S/C27H30N2O5S/c1-19(21-13-12-20-8-7-9-22(20)16-21)28-27(30)18-29(23-10-5-4-6-11-23)35(31,32)24-14-15-25(33-2)26(17-24)34-3/h4-6,10-17,19H,7-9,18H2,1-3H3,(H,28,30)/t19-/m1/s1. The number of fused-ring (bicyclic) bond motifs is 1. The number of benzene rings is 3. The summed E-state index contributed by atoms with van der Waals surface area (Å²) in [5.41, 5.74) is 4.09. The molecule has 4 rings (SSSR count). The first-order valence-corrected chi connectivity index (χ1v) is 13.0. The molecule has 1 N–H and O–H groups in total. The summed E-state index contributed by atoms with van der Waals surface area (Å²) in [6.45, 7) is 1.54. The fraction of sp³-hybridized carbons (Fsp3) is 0.296. The number of para-hydroxylation sites is 1. The molecular formula is C27H30N2O5S. The molecule has 0 heterocycles. The molecule has 0 spiro atoms. The number of ether oxygens (including phenoxy) is 2. The van der Waals surface area contributed by atoms with Gasteiger partial charge in [0.25, 0.3) is 10.0 Å². The molecule has 0 bridgehead atoms. The Hall–Kier alpha value is -3.52. The second kappa shape index (κ2) is 10.4. The first kappa shape index (κ1) is 24.6. The van der Waals surface area contributed by atoms with E-state index in [-0.39, 0.29) is 23.2 Å². The highest BCUT2D eigenvalue weighted by Crippen LogP contribution is 2.32. The number of sulfonamides is 1. The van der Waals surface area contributed by atoms with Gasteiger partial charge in [0.05, 0.1) is 30.8 Å². The highest BCUT2D eigenvalue weighted by molar-refractivity contribution is 7.92. The van der Waals surface area contributed by atoms with Crippen molar-refractivity contribution in [2.75, 3.05) is 25.1 Å². The molecule has 1 aliphatic carbocycles. The van der Waals surface area contributed by atoms with Crippen LogP contribution in [0.25, 0.3) is 0 Å². The molecule has 0 unspecified atom stereocenters. The molecule has 3 aromatic rings. The van der Waals surface area contributed by atoms with Gasteiger partial charge in [-0.15, -0.1) is 0 Å². The Morgan fingerprint density at radius 2 is 1.66 bits per heavy atom. The van der Waals surface area contributed by atoms with Gasteiger partial charge in [0.2, 0.25) is 5.91 Å². The first-order chi connectivity index (χ1) is 16.8. The number of hydrogen-bond acceptors (Lipinski definition) is 5. The molecule has 0 saturated heterocycles. The fourth-order valence-corrected chi connectivity index (χ4v) is 5.81. The van der Waals surface area contributed by atoms with E-state index in [0.717, 1.165) is 29.1 Å². The number of carbonyl (C=O) groups excluding carboxylic acids is 1. The van der Waals surface area contributed by atoms with E-state index in [9.17, 15) is 13.2 Å². The molecule has 0 saturated carbocycles. The third-order valence-corrected chi connectivity index (χ3v) is 8.04. The lowest BCUT2D eigenvalue weighted by atomic mass is 10.0. The third kappa shape index (κ3) is 5.27. The number of carbonyl (C=O) groups is 1. The Bertz CT molecular complexity index is 1310. The van der Waals surface area contributed by atoms with Gasteiger partial charge in [0, 0.05) is 6.07 Å². The number of methoxy groups -OCH3 is 2. The van der Waals surface area contributed by atoms with Crippen molar-refractivity contribution < 1.29 is 22.7 Å². The summed E-state index contributed by atoms with van der Waals surface area (Å²) in [7, 11) is -1.16. The molecule has 0 aliphatic heterocycles. The third-order valence-electron chi connectivity index (χ3n) is 6.27. The maximum absolute atomic E-state index is 13.7. The van der Waals surface area contributed by atoms with E-state index in [1.54, 1.807) is 30.3 Å². The summed E-state index contributed by atoms with van der Waals surface area (Å²) < 4.78 is 39.0. The van der Waals surface area contributed by atoms with E-state index < -0.39 is 15.9 Å². The molecule has 8 heteroatoms. The average molecular weight is 495 g/mol. The van der Waals surface area contributed by atoms with Gasteiger partial charge in [-0.05, 0) is 67.1 Å². The van der Waals surface area contributed by atoms with Gasteiger partial charge in [-0.1, -0.05) is 36.4 Å². The predicted molar refractivity (Wildman–Crippen MR) is 136 cm³/mol. The van der Waals surface area contributed by atoms with Gasteiger partial charge in [0.15, 0.2) is 11.5 Å². The van der Waals surface area contributed by atoms with Crippen LogP contribution in [0.4, 0.5) is 5.69 Å². The van der Waals surface area contributed by atoms with E-state index in [1.807, 2.05) is 13.0 Å². The molecule has 0 aromatic heterocycles. The van der Waals surface area contributed by atoms with Crippen LogP contribution in [0.5, 0.6) is 11.5 Å². The fourth-order valence-electron chi connectivity index (χ4n) is 4.38. The zero-order valence-electron chi connectivity index (χ0n) is 20.2. The average Bonchev–Trinajstić information content (AvgIpc) is 3.35. The van der Waals surface area contributed by atoms with Crippen molar-refractivity contribution in [3.05, 3.63) is 83.4 Å². The minimum atomic E-state index is -4.08. The number of amides is 1. The van der Waals surface area contributed by atoms with E-state index in [2.05, 4.69) is 17.4 Å². The molecule has 1 aliphatic rings. The van der Waals surface area contributed by atoms with E-state index >= 15 is 0 Å². The Morgan fingerprint density at radius 1 is 0.943 bits per heavy atom. The van der Waals surface area contributed by atoms with Crippen molar-refractivity contribution in [2.24, 2.45) is 0 Å². The summed E-state index contributed by atoms with van der Waals surface area (Å²) in [6.07, 6.45) is 3.30. The molecule has 0 fully saturated rings. The second-order valence-corrected chi connectivity index (χ2v) is 10.4. The zero-order valence-corrected chi connectivity index (χ0v) is 21.0. The van der Waals surface area contributed by atoms with Crippen LogP contribution in [0.15, 0.2) is 71.6 Å². The minimum Gasteiger partial charge on any atom is -0.493 e. The summed E-state index contributed by atoms with van der Waals surface area (Å²) in [4.78, 5) is 13.1. The van der Waals surface area contributed by atoms with Crippen LogP contribution in [-0.4, -0.2) is 35.1 Å². The van der Waals surface area contributed by atoms with Crippen molar-refractivity contribution in [1.29, 1.82) is 0 Å². The lowest BCUT2D eigenvalue weighted by molar-refractivity contribution is -0.120. The van der Waals surface area contributed by atoms with Gasteiger partial charge in [-0.25, -0.2) is 8.42 Å². The number of nitrogens with one attached hydrogen (secondary N) is 1. The highest BCUT2D eigenvalue weighted by Gasteiger charge is 2.29. The highest BCUT2D eigenvalue weighted by atomic mass is 32.2. The van der Waals surface area contributed by atoms with Gasteiger partial charge < -0.3 is 14.8 Å². The molecule has 35 heavy (non-hydrogen) atoms. The van der Waals surface area contributed by atoms with Crippen molar-refractivity contribution in [3.63, 3.8) is 0 Å². The first-order valence-electron chi connectivity index (χ1n) is 11.5. The zero-order chi connectivity index (χ0) is 25.0. The molecule has 1 atom stereocenters. The minimum absolute atomic E-state index is 0.00141. The Morgan fingerprint density at radius 3 is 2.37 bits per heavy atom. The second-order valence-electron chi connectivity index (χ2n) is 8.53. The summed E-state index contributed by atoms with van der Waals surface area (Å²) in [5, 5.41) is 2.96. The molecule has 1 amide bonds. The Balaban J connectivity index is 1.59. The number of anilines is 1. The van der Waals surface area contributed by atoms with E-state index in [1.165, 1.54) is 43.5 Å². The maximum atomic E-state index is 13.7. The molecule has 184 valence electrons. The van der Waals surface area contributed by atoms with Crippen LogP contribution in [0.1, 0.15) is 36.1 Å². The normalized spacial score (nSPS) is 13.6. The van der Waals surface area contributed by atoms with Crippen molar-refractivity contribution in [1.82, 2.24) is 5.32 Å². The van der Waals surface area contributed by atoms with Crippen LogP contribution >= 0.6 is 0 Å². The quantitative estimate of drug-likeness (QED) is 0.480. The van der Waals surface area contributed by atoms with Crippen LogP contribution in [0, 0.1) is 0 Å². The van der Waals surface area contributed by atoms with Crippen LogP contribution in [-0.2, 0) is 27.7 Å². The lowest BCUT2D eigenvalue weighted by Crippen LogP contribution is -2.41. The number of nitrogens with zero attached hydrogens (tertiary/aromatic N) is 1. The van der Waals surface area contributed by atoms with E-state index in [0.29, 0.717) is 11.4 Å². The topological polar surface area (TPSA) is 84.9 Å². The van der Waals surface area contributed by atoms with Gasteiger partial charge in [-0.2, -0.15) is 0 Å². The van der Waals surface area contributed by atoms with Crippen LogP contribution in [0.2, 0.25) is 0 Å². The maximum Gasteiger partial charge on any atom is 0.264 e. The van der Waals surface area contributed by atoms with Crippen molar-refractivity contribution >= 4 is 21.6 Å². The molecular weight excluding hydrogens is 464 g/mol. The summed E-state index contributed by atoms with van der Waals surface area (Å²) in [6, 6.07) is 19.0. The number of hydrogen-bond donors (Lipinski definition) is 1. The number of rotatable bonds is 9.